The topological polar surface area (TPSA) is 62.0 Å². The summed E-state index contributed by atoms with van der Waals surface area (Å²) in [4.78, 5) is 2.97. The summed E-state index contributed by atoms with van der Waals surface area (Å²) < 4.78 is 27.3. The van der Waals surface area contributed by atoms with Gasteiger partial charge in [0.05, 0.1) is 15.6 Å². The molecule has 0 aliphatic heterocycles. The number of H-pyrrole nitrogens is 1. The third kappa shape index (κ3) is 3.03. The van der Waals surface area contributed by atoms with E-state index in [4.69, 9.17) is 34.8 Å². The lowest BCUT2D eigenvalue weighted by Gasteiger charge is -2.10. The molecule has 114 valence electrons. The van der Waals surface area contributed by atoms with Gasteiger partial charge in [-0.1, -0.05) is 34.8 Å². The molecular weight excluding hydrogens is 367 g/mol. The largest absolute Gasteiger partial charge is 0.361 e. The summed E-state index contributed by atoms with van der Waals surface area (Å²) in [5, 5.41) is 1.60. The van der Waals surface area contributed by atoms with Crippen molar-refractivity contribution in [1.82, 2.24) is 4.98 Å². The van der Waals surface area contributed by atoms with Crippen molar-refractivity contribution in [3.63, 3.8) is 0 Å². The fourth-order valence-electron chi connectivity index (χ4n) is 2.04. The first-order valence-electron chi connectivity index (χ1n) is 6.11. The van der Waals surface area contributed by atoms with Crippen LogP contribution in [0.3, 0.4) is 0 Å². The molecule has 0 saturated heterocycles. The van der Waals surface area contributed by atoms with Gasteiger partial charge >= 0.3 is 0 Å². The normalized spacial score (nSPS) is 11.8. The molecule has 1 heterocycles. The van der Waals surface area contributed by atoms with E-state index in [-0.39, 0.29) is 25.7 Å². The fourth-order valence-corrected chi connectivity index (χ4v) is 4.10. The molecule has 0 spiro atoms. The smallest absolute Gasteiger partial charge is 0.262 e. The Morgan fingerprint density at radius 2 is 1.64 bits per heavy atom. The van der Waals surface area contributed by atoms with E-state index >= 15 is 0 Å². The lowest BCUT2D eigenvalue weighted by Crippen LogP contribution is -2.13. The average Bonchev–Trinajstić information content (AvgIpc) is 2.84. The molecule has 0 radical (unpaired) electrons. The van der Waals surface area contributed by atoms with Gasteiger partial charge in [0.1, 0.15) is 0 Å². The molecule has 2 aromatic carbocycles. The number of nitrogens with one attached hydrogen (secondary N) is 2. The molecule has 2 N–H and O–H groups in total. The summed E-state index contributed by atoms with van der Waals surface area (Å²) in [5.74, 6) is 0. The van der Waals surface area contributed by atoms with Gasteiger partial charge in [0.25, 0.3) is 10.0 Å². The van der Waals surface area contributed by atoms with Crippen LogP contribution in [0.25, 0.3) is 10.9 Å². The maximum Gasteiger partial charge on any atom is 0.262 e. The number of hydrogen-bond donors (Lipinski definition) is 2. The third-order valence-electron chi connectivity index (χ3n) is 3.03. The van der Waals surface area contributed by atoms with Gasteiger partial charge in [0.15, 0.2) is 0 Å². The van der Waals surface area contributed by atoms with Crippen molar-refractivity contribution in [1.29, 1.82) is 0 Å². The third-order valence-corrected chi connectivity index (χ3v) is 5.13. The van der Waals surface area contributed by atoms with Crippen molar-refractivity contribution < 1.29 is 8.42 Å². The highest BCUT2D eigenvalue weighted by Gasteiger charge is 2.17. The Bertz CT molecular complexity index is 947. The predicted octanol–water partition coefficient (Wildman–Crippen LogP) is 4.93. The second-order valence-corrected chi connectivity index (χ2v) is 7.57. The zero-order valence-corrected chi connectivity index (χ0v) is 14.0. The first kappa shape index (κ1) is 15.5. The molecule has 4 nitrogen and oxygen atoms in total. The number of sulfonamides is 1. The molecule has 3 aromatic rings. The quantitative estimate of drug-likeness (QED) is 0.682. The zero-order valence-electron chi connectivity index (χ0n) is 10.9. The van der Waals surface area contributed by atoms with E-state index in [0.717, 1.165) is 10.9 Å². The van der Waals surface area contributed by atoms with Gasteiger partial charge in [0.2, 0.25) is 0 Å². The number of hydrogen-bond acceptors (Lipinski definition) is 2. The van der Waals surface area contributed by atoms with Crippen LogP contribution in [-0.2, 0) is 10.0 Å². The van der Waals surface area contributed by atoms with Gasteiger partial charge in [-0.2, -0.15) is 0 Å². The van der Waals surface area contributed by atoms with Crippen molar-refractivity contribution in [2.45, 2.75) is 4.90 Å². The molecule has 0 amide bonds. The number of rotatable bonds is 3. The highest BCUT2D eigenvalue weighted by atomic mass is 35.5. The molecule has 22 heavy (non-hydrogen) atoms. The minimum Gasteiger partial charge on any atom is -0.361 e. The summed E-state index contributed by atoms with van der Waals surface area (Å²) in [7, 11) is -3.85. The molecule has 8 heteroatoms. The predicted molar refractivity (Wildman–Crippen MR) is 90.6 cm³/mol. The first-order chi connectivity index (χ1) is 10.3. The number of aromatic amines is 1. The summed E-state index contributed by atoms with van der Waals surface area (Å²) >= 11 is 17.8. The monoisotopic (exact) mass is 374 g/mol. The van der Waals surface area contributed by atoms with Gasteiger partial charge in [-0.05, 0) is 36.4 Å². The van der Waals surface area contributed by atoms with E-state index < -0.39 is 10.0 Å². The minimum atomic E-state index is -3.85. The summed E-state index contributed by atoms with van der Waals surface area (Å²) in [6, 6.07) is 9.22. The van der Waals surface area contributed by atoms with Crippen molar-refractivity contribution in [3.8, 4) is 0 Å². The summed E-state index contributed by atoms with van der Waals surface area (Å²) in [6.07, 6.45) is 1.75. The van der Waals surface area contributed by atoms with Gasteiger partial charge in [-0.3, -0.25) is 4.72 Å². The highest BCUT2D eigenvalue weighted by Crippen LogP contribution is 2.30. The lowest BCUT2D eigenvalue weighted by atomic mass is 10.2. The Balaban J connectivity index is 2.04. The van der Waals surface area contributed by atoms with Crippen LogP contribution in [0.5, 0.6) is 0 Å². The van der Waals surface area contributed by atoms with Gasteiger partial charge in [-0.25, -0.2) is 8.42 Å². The molecule has 0 atom stereocenters. The molecular formula is C14H9Cl3N2O2S. The standard InChI is InChI=1S/C14H9Cl3N2O2S/c15-9-4-10(16)6-11(5-9)22(20,21)19-14-3-8-1-2-18-13(8)7-12(14)17/h1-7,18-19H. The molecule has 0 unspecified atom stereocenters. The first-order valence-corrected chi connectivity index (χ1v) is 8.72. The van der Waals surface area contributed by atoms with Crippen molar-refractivity contribution in [2.75, 3.05) is 4.72 Å². The van der Waals surface area contributed by atoms with Crippen LogP contribution in [0.4, 0.5) is 5.69 Å². The number of halogens is 3. The number of benzene rings is 2. The summed E-state index contributed by atoms with van der Waals surface area (Å²) in [5.41, 5.74) is 1.10. The number of fused-ring (bicyclic) bond motifs is 1. The van der Waals surface area contributed by atoms with Crippen LogP contribution in [0, 0.1) is 0 Å². The van der Waals surface area contributed by atoms with Crippen LogP contribution in [0.1, 0.15) is 0 Å². The minimum absolute atomic E-state index is 0.0322. The van der Waals surface area contributed by atoms with Crippen molar-refractivity contribution >= 4 is 61.4 Å². The molecule has 0 aliphatic rings. The molecule has 3 rings (SSSR count). The van der Waals surface area contributed by atoms with E-state index in [0.29, 0.717) is 0 Å². The maximum absolute atomic E-state index is 12.4. The van der Waals surface area contributed by atoms with Crippen LogP contribution < -0.4 is 4.72 Å². The maximum atomic E-state index is 12.4. The second-order valence-electron chi connectivity index (χ2n) is 4.61. The Hall–Kier alpha value is -1.40. The van der Waals surface area contributed by atoms with Crippen molar-refractivity contribution in [3.05, 3.63) is 57.7 Å². The SMILES string of the molecule is O=S(=O)(Nc1cc2cc[nH]c2cc1Cl)c1cc(Cl)cc(Cl)c1. The van der Waals surface area contributed by atoms with Crippen LogP contribution in [0.2, 0.25) is 15.1 Å². The molecule has 0 saturated carbocycles. The van der Waals surface area contributed by atoms with Crippen molar-refractivity contribution in [2.24, 2.45) is 0 Å². The Labute approximate surface area is 142 Å². The van der Waals surface area contributed by atoms with E-state index in [1.54, 1.807) is 18.3 Å². The van der Waals surface area contributed by atoms with E-state index in [9.17, 15) is 8.42 Å². The second kappa shape index (κ2) is 5.66. The highest BCUT2D eigenvalue weighted by molar-refractivity contribution is 7.92. The Morgan fingerprint density at radius 1 is 0.955 bits per heavy atom. The van der Waals surface area contributed by atoms with Gasteiger partial charge in [0, 0.05) is 27.1 Å². The zero-order chi connectivity index (χ0) is 15.9. The molecule has 0 fully saturated rings. The van der Waals surface area contributed by atoms with E-state index in [1.165, 1.54) is 18.2 Å². The van der Waals surface area contributed by atoms with Gasteiger partial charge < -0.3 is 4.98 Å². The van der Waals surface area contributed by atoms with Crippen LogP contribution >= 0.6 is 34.8 Å². The van der Waals surface area contributed by atoms with Crippen LogP contribution in [0.15, 0.2) is 47.5 Å². The lowest BCUT2D eigenvalue weighted by molar-refractivity contribution is 0.601. The molecule has 0 aliphatic carbocycles. The molecule has 1 aromatic heterocycles. The van der Waals surface area contributed by atoms with E-state index in [2.05, 4.69) is 9.71 Å². The number of anilines is 1. The van der Waals surface area contributed by atoms with Crippen LogP contribution in [-0.4, -0.2) is 13.4 Å². The average molecular weight is 376 g/mol. The van der Waals surface area contributed by atoms with Gasteiger partial charge in [-0.15, -0.1) is 0 Å². The summed E-state index contributed by atoms with van der Waals surface area (Å²) in [6.45, 7) is 0. The fraction of sp³-hybridized carbons (Fsp3) is 0. The Kier molecular flexibility index (Phi) is 3.99. The molecule has 0 bridgehead atoms. The Morgan fingerprint density at radius 3 is 2.32 bits per heavy atom. The number of aromatic nitrogens is 1. The van der Waals surface area contributed by atoms with E-state index in [1.807, 2.05) is 6.07 Å².